The molecule has 3 aromatic rings. The summed E-state index contributed by atoms with van der Waals surface area (Å²) in [7, 11) is 0. The van der Waals surface area contributed by atoms with Crippen molar-refractivity contribution in [1.82, 2.24) is 19.4 Å². The number of aromatic nitrogens is 4. The Morgan fingerprint density at radius 2 is 2.00 bits per heavy atom. The molecule has 0 spiro atoms. The molecule has 27 heavy (non-hydrogen) atoms. The molecule has 12 heteroatoms. The van der Waals surface area contributed by atoms with Gasteiger partial charge in [0.05, 0.1) is 16.9 Å². The van der Waals surface area contributed by atoms with Crippen molar-refractivity contribution in [2.75, 3.05) is 12.0 Å². The Morgan fingerprint density at radius 1 is 1.33 bits per heavy atom. The highest BCUT2D eigenvalue weighted by Crippen LogP contribution is 2.39. The Labute approximate surface area is 147 Å². The number of H-pyrrole nitrogens is 2. The first kappa shape index (κ1) is 16.6. The summed E-state index contributed by atoms with van der Waals surface area (Å²) < 4.78 is 22.3. The topological polar surface area (TPSA) is 151 Å². The van der Waals surface area contributed by atoms with Crippen molar-refractivity contribution < 1.29 is 19.0 Å². The molecule has 4 rings (SSSR count). The second-order valence-electron chi connectivity index (χ2n) is 6.01. The van der Waals surface area contributed by atoms with Crippen LogP contribution in [0.4, 0.5) is 10.1 Å². The summed E-state index contributed by atoms with van der Waals surface area (Å²) in [6.07, 6.45) is 1.17. The Bertz CT molecular complexity index is 1260. The molecule has 11 nitrogen and oxygen atoms in total. The van der Waals surface area contributed by atoms with Crippen LogP contribution in [0.5, 0.6) is 5.75 Å². The van der Waals surface area contributed by atoms with Crippen LogP contribution in [-0.2, 0) is 0 Å². The van der Waals surface area contributed by atoms with Crippen LogP contribution in [0, 0.1) is 5.82 Å². The van der Waals surface area contributed by atoms with Gasteiger partial charge in [0.25, 0.3) is 0 Å². The van der Waals surface area contributed by atoms with Gasteiger partial charge in [0.15, 0.2) is 11.6 Å². The molecule has 0 unspecified atom stereocenters. The van der Waals surface area contributed by atoms with Crippen LogP contribution >= 0.6 is 0 Å². The Balaban J connectivity index is 2.07. The Morgan fingerprint density at radius 3 is 2.63 bits per heavy atom. The third kappa shape index (κ3) is 2.33. The zero-order chi connectivity index (χ0) is 19.5. The van der Waals surface area contributed by atoms with E-state index in [0.29, 0.717) is 4.68 Å². The Hall–Kier alpha value is -3.83. The van der Waals surface area contributed by atoms with Crippen LogP contribution in [0.15, 0.2) is 26.6 Å². The highest BCUT2D eigenvalue weighted by atomic mass is 19.1. The molecule has 0 saturated carbocycles. The first-order chi connectivity index (χ1) is 12.8. The number of aromatic carboxylic acids is 1. The van der Waals surface area contributed by atoms with E-state index in [9.17, 15) is 28.7 Å². The molecule has 1 atom stereocenters. The van der Waals surface area contributed by atoms with Crippen molar-refractivity contribution >= 4 is 22.6 Å². The van der Waals surface area contributed by atoms with Crippen LogP contribution in [0.25, 0.3) is 10.9 Å². The summed E-state index contributed by atoms with van der Waals surface area (Å²) in [4.78, 5) is 47.1. The molecule has 0 aliphatic carbocycles. The van der Waals surface area contributed by atoms with Crippen LogP contribution in [0.1, 0.15) is 23.3 Å². The van der Waals surface area contributed by atoms with Gasteiger partial charge in [0.1, 0.15) is 17.9 Å². The van der Waals surface area contributed by atoms with Crippen LogP contribution in [0.3, 0.4) is 0 Å². The summed E-state index contributed by atoms with van der Waals surface area (Å²) in [6.45, 7) is 1.79. The maximum atomic E-state index is 14.7. The lowest BCUT2D eigenvalue weighted by atomic mass is 10.1. The van der Waals surface area contributed by atoms with E-state index in [1.54, 1.807) is 6.92 Å². The molecule has 140 valence electrons. The van der Waals surface area contributed by atoms with Crippen LogP contribution in [-0.4, -0.2) is 37.1 Å². The third-order valence-electron chi connectivity index (χ3n) is 4.30. The van der Waals surface area contributed by atoms with E-state index in [1.165, 1.54) is 10.8 Å². The number of ether oxygens (including phenoxy) is 1. The Kier molecular flexibility index (Phi) is 3.44. The lowest BCUT2D eigenvalue weighted by Crippen LogP contribution is -2.34. The van der Waals surface area contributed by atoms with Crippen molar-refractivity contribution in [2.45, 2.75) is 13.0 Å². The molecule has 0 saturated heterocycles. The summed E-state index contributed by atoms with van der Waals surface area (Å²) in [5.74, 6) is -2.53. The van der Waals surface area contributed by atoms with Crippen LogP contribution in [0.2, 0.25) is 0 Å². The SMILES string of the molecule is C[C@H]1COc2c(Nn3c(=O)[nH][nH]c3=O)c(F)cc3c(=O)c(C(=O)O)cn1c23. The molecule has 2 aromatic heterocycles. The molecular formula is C15H12FN5O6. The number of benzene rings is 1. The van der Waals surface area contributed by atoms with E-state index in [1.807, 2.05) is 10.2 Å². The molecule has 0 fully saturated rings. The predicted molar refractivity (Wildman–Crippen MR) is 90.0 cm³/mol. The summed E-state index contributed by atoms with van der Waals surface area (Å²) >= 11 is 0. The number of nitrogens with one attached hydrogen (secondary N) is 3. The first-order valence-electron chi connectivity index (χ1n) is 7.73. The van der Waals surface area contributed by atoms with Gasteiger partial charge in [-0.2, -0.15) is 0 Å². The molecule has 1 aliphatic heterocycles. The number of carboxylic acid groups (broad SMARTS) is 1. The standard InChI is InChI=1S/C15H12FN5O6/c1-5-4-27-12-9(19-21-14(25)17-18-15(21)26)8(16)2-6-10(12)20(5)3-7(11(6)22)13(23)24/h2-3,5,19H,4H2,1H3,(H,17,25)(H,18,26)(H,23,24)/t5-/m0/s1. The second kappa shape index (κ2) is 5.59. The van der Waals surface area contributed by atoms with E-state index in [4.69, 9.17) is 4.74 Å². The number of hydrogen-bond acceptors (Lipinski definition) is 6. The van der Waals surface area contributed by atoms with Crippen molar-refractivity contribution in [3.8, 4) is 5.75 Å². The highest BCUT2D eigenvalue weighted by Gasteiger charge is 2.28. The van der Waals surface area contributed by atoms with Crippen molar-refractivity contribution in [1.29, 1.82) is 0 Å². The molecule has 4 N–H and O–H groups in total. The number of rotatable bonds is 3. The number of carbonyl (C=O) groups is 1. The second-order valence-corrected chi connectivity index (χ2v) is 6.01. The van der Waals surface area contributed by atoms with Gasteiger partial charge in [0, 0.05) is 6.20 Å². The summed E-state index contributed by atoms with van der Waals surface area (Å²) in [5, 5.41) is 13.1. The van der Waals surface area contributed by atoms with E-state index in [-0.39, 0.29) is 35.0 Å². The van der Waals surface area contributed by atoms with Gasteiger partial charge in [-0.05, 0) is 13.0 Å². The average Bonchev–Trinajstić information content (AvgIpc) is 2.93. The van der Waals surface area contributed by atoms with E-state index < -0.39 is 34.2 Å². The fourth-order valence-electron chi connectivity index (χ4n) is 3.01. The van der Waals surface area contributed by atoms with Crippen LogP contribution < -0.4 is 27.0 Å². The van der Waals surface area contributed by atoms with Crippen molar-refractivity contribution in [3.05, 3.63) is 54.8 Å². The number of anilines is 1. The van der Waals surface area contributed by atoms with Gasteiger partial charge in [-0.15, -0.1) is 4.68 Å². The summed E-state index contributed by atoms with van der Waals surface area (Å²) in [5.41, 5.74) is -0.943. The average molecular weight is 377 g/mol. The fourth-order valence-corrected chi connectivity index (χ4v) is 3.01. The number of nitrogens with zero attached hydrogens (tertiary/aromatic N) is 2. The largest absolute Gasteiger partial charge is 0.487 e. The zero-order valence-corrected chi connectivity index (χ0v) is 13.7. The number of hydrogen-bond donors (Lipinski definition) is 4. The van der Waals surface area contributed by atoms with E-state index >= 15 is 0 Å². The molecular weight excluding hydrogens is 365 g/mol. The number of halogens is 1. The number of carboxylic acids is 1. The maximum absolute atomic E-state index is 14.7. The van der Waals surface area contributed by atoms with Gasteiger partial charge < -0.3 is 14.4 Å². The van der Waals surface area contributed by atoms with Crippen molar-refractivity contribution in [3.63, 3.8) is 0 Å². The quantitative estimate of drug-likeness (QED) is 0.495. The molecule has 1 aliphatic rings. The maximum Gasteiger partial charge on any atom is 0.363 e. The normalized spacial score (nSPS) is 15.6. The smallest absolute Gasteiger partial charge is 0.363 e. The lowest BCUT2D eigenvalue weighted by Gasteiger charge is -2.28. The zero-order valence-electron chi connectivity index (χ0n) is 13.7. The molecule has 0 radical (unpaired) electrons. The number of aromatic amines is 2. The summed E-state index contributed by atoms with van der Waals surface area (Å²) in [6, 6.07) is 0.509. The van der Waals surface area contributed by atoms with Gasteiger partial charge in [-0.25, -0.2) is 29.0 Å². The third-order valence-corrected chi connectivity index (χ3v) is 4.30. The number of pyridine rings is 1. The van der Waals surface area contributed by atoms with Gasteiger partial charge in [-0.3, -0.25) is 10.2 Å². The fraction of sp³-hybridized carbons (Fsp3) is 0.200. The molecule has 3 heterocycles. The lowest BCUT2D eigenvalue weighted by molar-refractivity contribution is 0.0694. The predicted octanol–water partition coefficient (Wildman–Crippen LogP) is -0.155. The first-order valence-corrected chi connectivity index (χ1v) is 7.73. The molecule has 0 bridgehead atoms. The minimum Gasteiger partial charge on any atom is -0.487 e. The monoisotopic (exact) mass is 377 g/mol. The van der Waals surface area contributed by atoms with Gasteiger partial charge in [-0.1, -0.05) is 0 Å². The highest BCUT2D eigenvalue weighted by molar-refractivity contribution is 5.97. The van der Waals surface area contributed by atoms with Crippen molar-refractivity contribution in [2.24, 2.45) is 0 Å². The molecule has 0 amide bonds. The van der Waals surface area contributed by atoms with E-state index in [2.05, 4.69) is 5.43 Å². The van der Waals surface area contributed by atoms with E-state index in [0.717, 1.165) is 6.07 Å². The van der Waals surface area contributed by atoms with Gasteiger partial charge in [0.2, 0.25) is 5.43 Å². The minimum atomic E-state index is -1.43. The molecule has 1 aromatic carbocycles. The minimum absolute atomic E-state index is 0.0561. The van der Waals surface area contributed by atoms with Gasteiger partial charge >= 0.3 is 17.3 Å².